The van der Waals surface area contributed by atoms with Gasteiger partial charge in [0, 0.05) is 17.9 Å². The molecule has 3 saturated carbocycles. The van der Waals surface area contributed by atoms with Crippen molar-refractivity contribution < 1.29 is 9.59 Å². The summed E-state index contributed by atoms with van der Waals surface area (Å²) in [6.45, 7) is 11.1. The minimum atomic E-state index is -0.157. The molecule has 4 rings (SSSR count). The molecule has 0 spiro atoms. The Balaban J connectivity index is 1.58. The number of rotatable bonds is 1. The number of ketones is 1. The number of carbonyl (C=O) groups is 2. The molecule has 0 aromatic rings. The summed E-state index contributed by atoms with van der Waals surface area (Å²) in [5.74, 6) is 2.88. The summed E-state index contributed by atoms with van der Waals surface area (Å²) >= 11 is 0. The maximum atomic E-state index is 13.1. The Hall–Kier alpha value is -1.12. The largest absolute Gasteiger partial charge is 0.351 e. The minimum absolute atomic E-state index is 0.151. The van der Waals surface area contributed by atoms with Crippen LogP contribution in [0.25, 0.3) is 0 Å². The standard InChI is InChI=1S/C24H37NO2/c1-22(2,3)25-21(27)20-9-8-18-17-7-6-15-14-16(26)10-12-23(15,4)19(17)11-13-24(18,20)5/h14,17-20H,6-13H2,1-5H3,(H,25,27)/t17?,18?,19?,20?,23-,24-/m0/s1. The summed E-state index contributed by atoms with van der Waals surface area (Å²) < 4.78 is 0. The minimum Gasteiger partial charge on any atom is -0.351 e. The predicted octanol–water partition coefficient (Wildman–Crippen LogP) is 5.05. The molecule has 4 aliphatic carbocycles. The van der Waals surface area contributed by atoms with Gasteiger partial charge in [0.1, 0.15) is 0 Å². The molecule has 0 aromatic carbocycles. The lowest BCUT2D eigenvalue weighted by Gasteiger charge is -2.58. The lowest BCUT2D eigenvalue weighted by atomic mass is 9.47. The molecule has 0 saturated heterocycles. The summed E-state index contributed by atoms with van der Waals surface area (Å²) in [6, 6.07) is 0. The molecule has 6 atom stereocenters. The zero-order valence-electron chi connectivity index (χ0n) is 17.9. The van der Waals surface area contributed by atoms with Crippen LogP contribution >= 0.6 is 0 Å². The average molecular weight is 372 g/mol. The lowest BCUT2D eigenvalue weighted by Crippen LogP contribution is -2.53. The maximum absolute atomic E-state index is 13.1. The van der Waals surface area contributed by atoms with E-state index >= 15 is 0 Å². The number of allylic oxidation sites excluding steroid dienone is 1. The number of amides is 1. The Bertz CT molecular complexity index is 687. The van der Waals surface area contributed by atoms with Crippen molar-refractivity contribution in [3.8, 4) is 0 Å². The summed E-state index contributed by atoms with van der Waals surface area (Å²) in [5.41, 5.74) is 1.65. The van der Waals surface area contributed by atoms with E-state index in [1.807, 2.05) is 6.08 Å². The molecule has 3 nitrogen and oxygen atoms in total. The van der Waals surface area contributed by atoms with Gasteiger partial charge in [-0.2, -0.15) is 0 Å². The van der Waals surface area contributed by atoms with E-state index in [1.165, 1.54) is 24.8 Å². The molecule has 3 fully saturated rings. The molecule has 0 bridgehead atoms. The van der Waals surface area contributed by atoms with Crippen LogP contribution in [-0.4, -0.2) is 17.2 Å². The highest BCUT2D eigenvalue weighted by Crippen LogP contribution is 2.66. The Morgan fingerprint density at radius 3 is 2.48 bits per heavy atom. The molecule has 0 aromatic heterocycles. The van der Waals surface area contributed by atoms with Gasteiger partial charge in [-0.25, -0.2) is 0 Å². The van der Waals surface area contributed by atoms with Gasteiger partial charge < -0.3 is 5.32 Å². The number of carbonyl (C=O) groups excluding carboxylic acids is 2. The van der Waals surface area contributed by atoms with Crippen LogP contribution in [0.15, 0.2) is 11.6 Å². The Morgan fingerprint density at radius 1 is 1.04 bits per heavy atom. The zero-order chi connectivity index (χ0) is 19.6. The first-order valence-electron chi connectivity index (χ1n) is 11.1. The fourth-order valence-electron chi connectivity index (χ4n) is 7.45. The van der Waals surface area contributed by atoms with Crippen LogP contribution in [0.1, 0.15) is 86.0 Å². The molecule has 4 unspecified atom stereocenters. The first kappa shape index (κ1) is 19.2. The summed E-state index contributed by atoms with van der Waals surface area (Å²) in [7, 11) is 0. The Labute approximate surface area is 164 Å². The van der Waals surface area contributed by atoms with Gasteiger partial charge >= 0.3 is 0 Å². The topological polar surface area (TPSA) is 46.2 Å². The van der Waals surface area contributed by atoms with Gasteiger partial charge in [0.25, 0.3) is 0 Å². The SMILES string of the molecule is CC(C)(C)NC(=O)C1CCC2C3CCC4=CC(=O)CC[C@]4(C)C3CC[C@]12C. The number of nitrogens with one attached hydrogen (secondary N) is 1. The third kappa shape index (κ3) is 3.00. The second kappa shape index (κ2) is 6.19. The van der Waals surface area contributed by atoms with Crippen molar-refractivity contribution in [2.24, 2.45) is 34.5 Å². The van der Waals surface area contributed by atoms with Crippen molar-refractivity contribution in [2.45, 2.75) is 91.5 Å². The van der Waals surface area contributed by atoms with Crippen LogP contribution in [0.3, 0.4) is 0 Å². The Morgan fingerprint density at radius 2 is 1.78 bits per heavy atom. The molecule has 1 amide bonds. The quantitative estimate of drug-likeness (QED) is 0.701. The van der Waals surface area contributed by atoms with Crippen molar-refractivity contribution in [1.82, 2.24) is 5.32 Å². The van der Waals surface area contributed by atoms with Crippen molar-refractivity contribution in [1.29, 1.82) is 0 Å². The van der Waals surface area contributed by atoms with Gasteiger partial charge in [-0.05, 0) is 100 Å². The third-order valence-corrected chi connectivity index (χ3v) is 8.78. The highest BCUT2D eigenvalue weighted by atomic mass is 16.2. The molecule has 0 radical (unpaired) electrons. The molecule has 0 aliphatic heterocycles. The zero-order valence-corrected chi connectivity index (χ0v) is 17.9. The van der Waals surface area contributed by atoms with Crippen LogP contribution in [0, 0.1) is 34.5 Å². The van der Waals surface area contributed by atoms with Gasteiger partial charge in [-0.1, -0.05) is 19.4 Å². The number of fused-ring (bicyclic) bond motifs is 5. The van der Waals surface area contributed by atoms with E-state index in [9.17, 15) is 9.59 Å². The normalized spacial score (nSPS) is 44.0. The van der Waals surface area contributed by atoms with E-state index in [1.54, 1.807) is 0 Å². The highest BCUT2D eigenvalue weighted by Gasteiger charge is 2.60. The molecule has 0 heterocycles. The fourth-order valence-corrected chi connectivity index (χ4v) is 7.45. The molecule has 27 heavy (non-hydrogen) atoms. The smallest absolute Gasteiger partial charge is 0.224 e. The van der Waals surface area contributed by atoms with Crippen molar-refractivity contribution >= 4 is 11.7 Å². The second-order valence-electron chi connectivity index (χ2n) is 11.4. The highest BCUT2D eigenvalue weighted by molar-refractivity contribution is 5.91. The fraction of sp³-hybridized carbons (Fsp3) is 0.833. The van der Waals surface area contributed by atoms with Crippen molar-refractivity contribution in [2.75, 3.05) is 0 Å². The van der Waals surface area contributed by atoms with E-state index in [2.05, 4.69) is 39.9 Å². The van der Waals surface area contributed by atoms with Gasteiger partial charge in [0.2, 0.25) is 5.91 Å². The summed E-state index contributed by atoms with van der Waals surface area (Å²) in [6.07, 6.45) is 10.7. The monoisotopic (exact) mass is 371 g/mol. The first-order valence-corrected chi connectivity index (χ1v) is 11.1. The molecule has 4 aliphatic rings. The van der Waals surface area contributed by atoms with E-state index in [4.69, 9.17) is 0 Å². The third-order valence-electron chi connectivity index (χ3n) is 8.78. The first-order chi connectivity index (χ1) is 12.5. The van der Waals surface area contributed by atoms with Crippen LogP contribution < -0.4 is 5.32 Å². The van der Waals surface area contributed by atoms with E-state index < -0.39 is 0 Å². The van der Waals surface area contributed by atoms with E-state index in [0.717, 1.165) is 38.0 Å². The lowest BCUT2D eigenvalue weighted by molar-refractivity contribution is -0.134. The second-order valence-corrected chi connectivity index (χ2v) is 11.4. The van der Waals surface area contributed by atoms with Gasteiger partial charge in [-0.15, -0.1) is 0 Å². The van der Waals surface area contributed by atoms with Gasteiger partial charge in [0.15, 0.2) is 5.78 Å². The van der Waals surface area contributed by atoms with Gasteiger partial charge in [-0.3, -0.25) is 9.59 Å². The van der Waals surface area contributed by atoms with Gasteiger partial charge in [0.05, 0.1) is 0 Å². The number of hydrogen-bond acceptors (Lipinski definition) is 2. The molecule has 150 valence electrons. The number of hydrogen-bond donors (Lipinski definition) is 1. The van der Waals surface area contributed by atoms with E-state index in [-0.39, 0.29) is 28.2 Å². The van der Waals surface area contributed by atoms with Crippen LogP contribution in [0.2, 0.25) is 0 Å². The van der Waals surface area contributed by atoms with Crippen LogP contribution in [0.5, 0.6) is 0 Å². The predicted molar refractivity (Wildman–Crippen MR) is 108 cm³/mol. The molecule has 3 heteroatoms. The Kier molecular flexibility index (Phi) is 4.40. The van der Waals surface area contributed by atoms with Crippen molar-refractivity contribution in [3.05, 3.63) is 11.6 Å². The average Bonchev–Trinajstić information content (AvgIpc) is 2.91. The van der Waals surface area contributed by atoms with Crippen LogP contribution in [0.4, 0.5) is 0 Å². The van der Waals surface area contributed by atoms with E-state index in [0.29, 0.717) is 17.6 Å². The molecular formula is C24H37NO2. The van der Waals surface area contributed by atoms with Crippen LogP contribution in [-0.2, 0) is 9.59 Å². The molecule has 1 N–H and O–H groups in total. The van der Waals surface area contributed by atoms with Crippen molar-refractivity contribution in [3.63, 3.8) is 0 Å². The summed E-state index contributed by atoms with van der Waals surface area (Å²) in [4.78, 5) is 25.0. The maximum Gasteiger partial charge on any atom is 0.224 e. The summed E-state index contributed by atoms with van der Waals surface area (Å²) in [5, 5.41) is 3.26. The molecular weight excluding hydrogens is 334 g/mol.